The van der Waals surface area contributed by atoms with Crippen LogP contribution >= 0.6 is 15.9 Å². The van der Waals surface area contributed by atoms with Gasteiger partial charge in [0.15, 0.2) is 0 Å². The van der Waals surface area contributed by atoms with Crippen molar-refractivity contribution < 1.29 is 14.3 Å². The minimum absolute atomic E-state index is 0.00702. The Kier molecular flexibility index (Phi) is 7.23. The zero-order chi connectivity index (χ0) is 19.9. The highest BCUT2D eigenvalue weighted by molar-refractivity contribution is 9.10. The molecular weight excluding hydrogens is 420 g/mol. The van der Waals surface area contributed by atoms with Gasteiger partial charge < -0.3 is 10.1 Å². The van der Waals surface area contributed by atoms with Gasteiger partial charge in [-0.3, -0.25) is 9.69 Å². The van der Waals surface area contributed by atoms with Crippen molar-refractivity contribution in [3.8, 4) is 0 Å². The molecule has 2 aromatic carbocycles. The summed E-state index contributed by atoms with van der Waals surface area (Å²) in [5.74, 6) is -0.364. The van der Waals surface area contributed by atoms with Crippen LogP contribution in [0.3, 0.4) is 0 Å². The lowest BCUT2D eigenvalue weighted by molar-refractivity contribution is -0.121. The number of esters is 1. The number of likely N-dealkylation sites (tertiary alicyclic amines) is 1. The lowest BCUT2D eigenvalue weighted by Gasteiger charge is -2.31. The standard InChI is InChI=1S/C22H25BrN2O3/c1-2-28-22(27)18-4-3-5-20(14-18)24-21(26)17-10-12-25(13-11-17)15-16-6-8-19(23)9-7-16/h3-9,14,17H,2,10-13,15H2,1H3,(H,24,26). The van der Waals surface area contributed by atoms with E-state index >= 15 is 0 Å². The number of anilines is 1. The van der Waals surface area contributed by atoms with E-state index in [1.807, 2.05) is 0 Å². The summed E-state index contributed by atoms with van der Waals surface area (Å²) in [6, 6.07) is 15.3. The minimum atomic E-state index is -0.375. The van der Waals surface area contributed by atoms with Gasteiger partial charge in [-0.2, -0.15) is 0 Å². The summed E-state index contributed by atoms with van der Waals surface area (Å²) in [4.78, 5) is 26.9. The zero-order valence-corrected chi connectivity index (χ0v) is 17.6. The summed E-state index contributed by atoms with van der Waals surface area (Å²) in [6.45, 7) is 4.80. The van der Waals surface area contributed by atoms with E-state index in [0.29, 0.717) is 17.9 Å². The molecule has 1 N–H and O–H groups in total. The van der Waals surface area contributed by atoms with Gasteiger partial charge in [-0.05, 0) is 68.8 Å². The highest BCUT2D eigenvalue weighted by atomic mass is 79.9. The van der Waals surface area contributed by atoms with E-state index in [1.54, 1.807) is 31.2 Å². The quantitative estimate of drug-likeness (QED) is 0.667. The molecule has 0 spiro atoms. The molecule has 0 aromatic heterocycles. The first-order valence-corrected chi connectivity index (χ1v) is 10.4. The summed E-state index contributed by atoms with van der Waals surface area (Å²) in [7, 11) is 0. The third kappa shape index (κ3) is 5.66. The van der Waals surface area contributed by atoms with Crippen molar-refractivity contribution >= 4 is 33.5 Å². The van der Waals surface area contributed by atoms with Crippen LogP contribution in [-0.4, -0.2) is 36.5 Å². The van der Waals surface area contributed by atoms with Crippen LogP contribution < -0.4 is 5.32 Å². The van der Waals surface area contributed by atoms with Gasteiger partial charge in [0.1, 0.15) is 0 Å². The SMILES string of the molecule is CCOC(=O)c1cccc(NC(=O)C2CCN(Cc3ccc(Br)cc3)CC2)c1. The van der Waals surface area contributed by atoms with E-state index in [4.69, 9.17) is 4.74 Å². The summed E-state index contributed by atoms with van der Waals surface area (Å²) < 4.78 is 6.09. The molecule has 1 aliphatic rings. The van der Waals surface area contributed by atoms with E-state index in [1.165, 1.54) is 5.56 Å². The number of rotatable bonds is 6. The maximum Gasteiger partial charge on any atom is 0.338 e. The van der Waals surface area contributed by atoms with Gasteiger partial charge in [-0.25, -0.2) is 4.79 Å². The number of nitrogens with zero attached hydrogens (tertiary/aromatic N) is 1. The molecule has 148 valence electrons. The fraction of sp³-hybridized carbons (Fsp3) is 0.364. The predicted octanol–water partition coefficient (Wildman–Crippen LogP) is 4.48. The number of ether oxygens (including phenoxy) is 1. The van der Waals surface area contributed by atoms with Crippen molar-refractivity contribution in [2.45, 2.75) is 26.3 Å². The Labute approximate surface area is 174 Å². The molecule has 0 saturated carbocycles. The molecular formula is C22H25BrN2O3. The monoisotopic (exact) mass is 444 g/mol. The van der Waals surface area contributed by atoms with Crippen LogP contribution in [0.15, 0.2) is 53.0 Å². The van der Waals surface area contributed by atoms with Crippen LogP contribution in [0.4, 0.5) is 5.69 Å². The molecule has 0 radical (unpaired) electrons. The van der Waals surface area contributed by atoms with Crippen LogP contribution in [0.25, 0.3) is 0 Å². The second-order valence-electron chi connectivity index (χ2n) is 6.97. The second kappa shape index (κ2) is 9.85. The molecule has 1 aliphatic heterocycles. The smallest absolute Gasteiger partial charge is 0.338 e. The normalized spacial score (nSPS) is 15.2. The third-order valence-electron chi connectivity index (χ3n) is 4.92. The molecule has 1 fully saturated rings. The third-order valence-corrected chi connectivity index (χ3v) is 5.45. The number of nitrogens with one attached hydrogen (secondary N) is 1. The van der Waals surface area contributed by atoms with E-state index in [9.17, 15) is 9.59 Å². The fourth-order valence-corrected chi connectivity index (χ4v) is 3.65. The van der Waals surface area contributed by atoms with E-state index in [0.717, 1.165) is 36.9 Å². The van der Waals surface area contributed by atoms with Crippen molar-refractivity contribution in [1.82, 2.24) is 4.90 Å². The number of hydrogen-bond donors (Lipinski definition) is 1. The van der Waals surface area contributed by atoms with E-state index in [-0.39, 0.29) is 17.8 Å². The number of piperidine rings is 1. The maximum atomic E-state index is 12.6. The van der Waals surface area contributed by atoms with Gasteiger partial charge in [-0.15, -0.1) is 0 Å². The first-order chi connectivity index (χ1) is 13.5. The van der Waals surface area contributed by atoms with E-state index in [2.05, 4.69) is 50.4 Å². The average Bonchev–Trinajstić information content (AvgIpc) is 2.70. The van der Waals surface area contributed by atoms with Crippen LogP contribution in [0.1, 0.15) is 35.7 Å². The van der Waals surface area contributed by atoms with Crippen molar-refractivity contribution in [3.63, 3.8) is 0 Å². The molecule has 3 rings (SSSR count). The Bertz CT molecular complexity index is 815. The Morgan fingerprint density at radius 3 is 2.54 bits per heavy atom. The number of benzene rings is 2. The highest BCUT2D eigenvalue weighted by Crippen LogP contribution is 2.22. The van der Waals surface area contributed by atoms with Gasteiger partial charge in [0.2, 0.25) is 5.91 Å². The lowest BCUT2D eigenvalue weighted by Crippen LogP contribution is -2.37. The largest absolute Gasteiger partial charge is 0.462 e. The number of carbonyl (C=O) groups is 2. The second-order valence-corrected chi connectivity index (χ2v) is 7.88. The topological polar surface area (TPSA) is 58.6 Å². The number of amides is 1. The molecule has 28 heavy (non-hydrogen) atoms. The van der Waals surface area contributed by atoms with Crippen molar-refractivity contribution in [1.29, 1.82) is 0 Å². The summed E-state index contributed by atoms with van der Waals surface area (Å²) >= 11 is 3.46. The molecule has 1 amide bonds. The first-order valence-electron chi connectivity index (χ1n) is 9.60. The highest BCUT2D eigenvalue weighted by Gasteiger charge is 2.25. The van der Waals surface area contributed by atoms with Gasteiger partial charge >= 0.3 is 5.97 Å². The Balaban J connectivity index is 1.50. The predicted molar refractivity (Wildman–Crippen MR) is 113 cm³/mol. The molecule has 0 atom stereocenters. The summed E-state index contributed by atoms with van der Waals surface area (Å²) in [5, 5.41) is 2.95. The van der Waals surface area contributed by atoms with Crippen molar-refractivity contribution in [3.05, 3.63) is 64.1 Å². The number of halogens is 1. The van der Waals surface area contributed by atoms with Crippen LogP contribution in [-0.2, 0) is 16.1 Å². The summed E-state index contributed by atoms with van der Waals surface area (Å²) in [5.41, 5.74) is 2.36. The summed E-state index contributed by atoms with van der Waals surface area (Å²) in [6.07, 6.45) is 1.67. The molecule has 2 aromatic rings. The Hall–Kier alpha value is -2.18. The minimum Gasteiger partial charge on any atom is -0.462 e. The Morgan fingerprint density at radius 1 is 1.14 bits per heavy atom. The van der Waals surface area contributed by atoms with Crippen LogP contribution in [0.5, 0.6) is 0 Å². The number of hydrogen-bond acceptors (Lipinski definition) is 4. The van der Waals surface area contributed by atoms with E-state index < -0.39 is 0 Å². The average molecular weight is 445 g/mol. The lowest BCUT2D eigenvalue weighted by atomic mass is 9.95. The molecule has 0 unspecified atom stereocenters. The van der Waals surface area contributed by atoms with Gasteiger partial charge in [0.25, 0.3) is 0 Å². The zero-order valence-electron chi connectivity index (χ0n) is 16.0. The molecule has 0 bridgehead atoms. The molecule has 5 nitrogen and oxygen atoms in total. The van der Waals surface area contributed by atoms with Crippen molar-refractivity contribution in [2.75, 3.05) is 25.0 Å². The van der Waals surface area contributed by atoms with Gasteiger partial charge in [-0.1, -0.05) is 34.1 Å². The Morgan fingerprint density at radius 2 is 1.86 bits per heavy atom. The molecule has 6 heteroatoms. The van der Waals surface area contributed by atoms with Crippen LogP contribution in [0.2, 0.25) is 0 Å². The molecule has 0 aliphatic carbocycles. The molecule has 1 saturated heterocycles. The first kappa shape index (κ1) is 20.6. The van der Waals surface area contributed by atoms with Crippen LogP contribution in [0, 0.1) is 5.92 Å². The van der Waals surface area contributed by atoms with Gasteiger partial charge in [0.05, 0.1) is 12.2 Å². The van der Waals surface area contributed by atoms with Crippen molar-refractivity contribution in [2.24, 2.45) is 5.92 Å². The van der Waals surface area contributed by atoms with Gasteiger partial charge in [0, 0.05) is 22.6 Å². The maximum absolute atomic E-state index is 12.6. The number of carbonyl (C=O) groups excluding carboxylic acids is 2. The fourth-order valence-electron chi connectivity index (χ4n) is 3.38. The molecule has 1 heterocycles.